The number of aliphatic carboxylic acids is 1. The minimum Gasteiger partial charge on any atom is -0.497 e. The van der Waals surface area contributed by atoms with Gasteiger partial charge in [0.25, 0.3) is 0 Å². The average molecular weight is 469 g/mol. The number of methoxy groups -OCH3 is 2. The lowest BCUT2D eigenvalue weighted by atomic mass is 9.84. The van der Waals surface area contributed by atoms with Gasteiger partial charge in [-0.3, -0.25) is 4.79 Å². The Morgan fingerprint density at radius 2 is 1.15 bits per heavy atom. The van der Waals surface area contributed by atoms with Crippen LogP contribution >= 0.6 is 11.6 Å². The maximum Gasteiger partial charge on any atom is 0.303 e. The Hall–Kier alpha value is -3.18. The Balaban J connectivity index is 1.80. The zero-order valence-corrected chi connectivity index (χ0v) is 19.7. The summed E-state index contributed by atoms with van der Waals surface area (Å²) < 4.78 is 16.4. The lowest BCUT2D eigenvalue weighted by Crippen LogP contribution is -2.22. The van der Waals surface area contributed by atoms with E-state index in [9.17, 15) is 4.79 Å². The number of hydrogen-bond acceptors (Lipinski definition) is 4. The second-order valence-electron chi connectivity index (χ2n) is 7.69. The van der Waals surface area contributed by atoms with E-state index in [0.717, 1.165) is 46.8 Å². The van der Waals surface area contributed by atoms with Crippen molar-refractivity contribution in [1.29, 1.82) is 0 Å². The molecule has 0 radical (unpaired) electrons. The van der Waals surface area contributed by atoms with Crippen LogP contribution in [0.4, 0.5) is 0 Å². The van der Waals surface area contributed by atoms with Crippen LogP contribution in [0.15, 0.2) is 72.8 Å². The van der Waals surface area contributed by atoms with Crippen LogP contribution in [-0.4, -0.2) is 31.9 Å². The van der Waals surface area contributed by atoms with Gasteiger partial charge >= 0.3 is 5.97 Å². The summed E-state index contributed by atoms with van der Waals surface area (Å²) in [5.41, 5.74) is 2.75. The number of unbranched alkanes of at least 4 members (excludes halogenated alkanes) is 2. The molecule has 174 valence electrons. The quantitative estimate of drug-likeness (QED) is 0.193. The second-order valence-corrected chi connectivity index (χ2v) is 8.26. The molecule has 33 heavy (non-hydrogen) atoms. The lowest BCUT2D eigenvalue weighted by Gasteiger charge is -2.29. The third-order valence-electron chi connectivity index (χ3n) is 5.53. The molecule has 0 bridgehead atoms. The maximum absolute atomic E-state index is 10.6. The fourth-order valence-corrected chi connectivity index (χ4v) is 4.05. The Bertz CT molecular complexity index is 966. The summed E-state index contributed by atoms with van der Waals surface area (Å²) in [5, 5.41) is 8.70. The molecule has 3 aromatic rings. The Morgan fingerprint density at radius 3 is 1.55 bits per heavy atom. The number of rotatable bonds is 12. The molecule has 0 saturated carbocycles. The lowest BCUT2D eigenvalue weighted by molar-refractivity contribution is -0.137. The van der Waals surface area contributed by atoms with Crippen LogP contribution in [0.25, 0.3) is 0 Å². The predicted octanol–water partition coefficient (Wildman–Crippen LogP) is 6.26. The number of halogens is 1. The van der Waals surface area contributed by atoms with Crippen molar-refractivity contribution >= 4 is 17.6 Å². The second kappa shape index (κ2) is 11.6. The number of ether oxygens (including phenoxy) is 3. The molecule has 0 saturated heterocycles. The monoisotopic (exact) mass is 468 g/mol. The smallest absolute Gasteiger partial charge is 0.303 e. The number of carboxylic acid groups (broad SMARTS) is 1. The standard InChI is InChI=1S/C27H29ClO5/c1-31-23-13-7-20(8-14-23)27(28,21-9-15-24(32-2)16-10-21)22-11-17-25(18-12-22)33-19-5-3-4-6-26(29)30/h7-18H,3-6,19H2,1-2H3,(H,29,30). The highest BCUT2D eigenvalue weighted by Crippen LogP contribution is 2.44. The van der Waals surface area contributed by atoms with E-state index < -0.39 is 10.8 Å². The number of alkyl halides is 1. The summed E-state index contributed by atoms with van der Waals surface area (Å²) in [5.74, 6) is 1.52. The van der Waals surface area contributed by atoms with E-state index in [0.29, 0.717) is 13.0 Å². The first kappa shape index (κ1) is 24.5. The van der Waals surface area contributed by atoms with Gasteiger partial charge in [0, 0.05) is 6.42 Å². The van der Waals surface area contributed by atoms with E-state index in [-0.39, 0.29) is 6.42 Å². The SMILES string of the molecule is COc1ccc(C(Cl)(c2ccc(OC)cc2)c2ccc(OCCCCCC(=O)O)cc2)cc1. The van der Waals surface area contributed by atoms with E-state index in [1.165, 1.54) is 0 Å². The Labute approximate surface area is 199 Å². The number of benzene rings is 3. The van der Waals surface area contributed by atoms with E-state index >= 15 is 0 Å². The van der Waals surface area contributed by atoms with Crippen LogP contribution in [0, 0.1) is 0 Å². The van der Waals surface area contributed by atoms with E-state index in [2.05, 4.69) is 0 Å². The van der Waals surface area contributed by atoms with Crippen LogP contribution in [0.1, 0.15) is 42.4 Å². The Morgan fingerprint density at radius 1 is 0.727 bits per heavy atom. The molecule has 0 aliphatic heterocycles. The molecule has 3 rings (SSSR count). The minimum absolute atomic E-state index is 0.198. The summed E-state index contributed by atoms with van der Waals surface area (Å²) in [6.07, 6.45) is 2.50. The van der Waals surface area contributed by atoms with E-state index in [1.54, 1.807) is 14.2 Å². The highest BCUT2D eigenvalue weighted by molar-refractivity contribution is 6.28. The molecule has 5 nitrogen and oxygen atoms in total. The van der Waals surface area contributed by atoms with Gasteiger partial charge in [0.05, 0.1) is 20.8 Å². The van der Waals surface area contributed by atoms with Crippen LogP contribution in [0.5, 0.6) is 17.2 Å². The zero-order chi connectivity index (χ0) is 23.7. The van der Waals surface area contributed by atoms with Gasteiger partial charge in [-0.15, -0.1) is 11.6 Å². The van der Waals surface area contributed by atoms with Crippen molar-refractivity contribution in [3.05, 3.63) is 89.5 Å². The molecule has 0 amide bonds. The Kier molecular flexibility index (Phi) is 8.61. The van der Waals surface area contributed by atoms with Gasteiger partial charge in [0.2, 0.25) is 0 Å². The largest absolute Gasteiger partial charge is 0.497 e. The minimum atomic E-state index is -0.909. The van der Waals surface area contributed by atoms with Crippen molar-refractivity contribution in [2.75, 3.05) is 20.8 Å². The molecule has 0 aliphatic carbocycles. The van der Waals surface area contributed by atoms with Crippen molar-refractivity contribution in [3.8, 4) is 17.2 Å². The first-order chi connectivity index (χ1) is 16.0. The van der Waals surface area contributed by atoms with Gasteiger partial charge in [0.1, 0.15) is 22.1 Å². The zero-order valence-electron chi connectivity index (χ0n) is 18.9. The van der Waals surface area contributed by atoms with Gasteiger partial charge in [-0.2, -0.15) is 0 Å². The van der Waals surface area contributed by atoms with Gasteiger partial charge in [-0.05, 0) is 72.4 Å². The number of carboxylic acids is 1. The molecule has 3 aromatic carbocycles. The molecule has 1 N–H and O–H groups in total. The highest BCUT2D eigenvalue weighted by Gasteiger charge is 2.34. The number of hydrogen-bond donors (Lipinski definition) is 1. The predicted molar refractivity (Wildman–Crippen MR) is 130 cm³/mol. The molecule has 0 aliphatic rings. The van der Waals surface area contributed by atoms with Crippen LogP contribution in [0.3, 0.4) is 0 Å². The molecule has 0 unspecified atom stereocenters. The molecule has 0 heterocycles. The van der Waals surface area contributed by atoms with Crippen molar-refractivity contribution in [3.63, 3.8) is 0 Å². The summed E-state index contributed by atoms with van der Waals surface area (Å²) in [6, 6.07) is 23.3. The summed E-state index contributed by atoms with van der Waals surface area (Å²) in [4.78, 5) is 9.67. The molecule has 0 atom stereocenters. The van der Waals surface area contributed by atoms with Gasteiger partial charge < -0.3 is 19.3 Å². The van der Waals surface area contributed by atoms with Gasteiger partial charge in [0.15, 0.2) is 0 Å². The summed E-state index contributed by atoms with van der Waals surface area (Å²) in [7, 11) is 3.27. The topological polar surface area (TPSA) is 65.0 Å². The van der Waals surface area contributed by atoms with Gasteiger partial charge in [-0.25, -0.2) is 0 Å². The van der Waals surface area contributed by atoms with Crippen molar-refractivity contribution in [2.24, 2.45) is 0 Å². The van der Waals surface area contributed by atoms with Crippen LogP contribution in [0.2, 0.25) is 0 Å². The van der Waals surface area contributed by atoms with Crippen LogP contribution in [-0.2, 0) is 9.67 Å². The maximum atomic E-state index is 10.6. The van der Waals surface area contributed by atoms with Crippen molar-refractivity contribution in [1.82, 2.24) is 0 Å². The molecular weight excluding hydrogens is 440 g/mol. The van der Waals surface area contributed by atoms with Gasteiger partial charge in [-0.1, -0.05) is 36.4 Å². The molecule has 0 aromatic heterocycles. The summed E-state index contributed by atoms with van der Waals surface area (Å²) in [6.45, 7) is 0.544. The van der Waals surface area contributed by atoms with Crippen molar-refractivity contribution < 1.29 is 24.1 Å². The normalized spacial score (nSPS) is 11.1. The van der Waals surface area contributed by atoms with Crippen LogP contribution < -0.4 is 14.2 Å². The third-order valence-corrected chi connectivity index (χ3v) is 6.19. The van der Waals surface area contributed by atoms with E-state index in [4.69, 9.17) is 30.9 Å². The first-order valence-electron chi connectivity index (χ1n) is 10.9. The number of carbonyl (C=O) groups is 1. The fourth-order valence-electron chi connectivity index (χ4n) is 3.67. The first-order valence-corrected chi connectivity index (χ1v) is 11.3. The molecular formula is C27H29ClO5. The molecule has 0 fully saturated rings. The molecule has 6 heteroatoms. The van der Waals surface area contributed by atoms with E-state index in [1.807, 2.05) is 72.8 Å². The highest BCUT2D eigenvalue weighted by atomic mass is 35.5. The fraction of sp³-hybridized carbons (Fsp3) is 0.296. The molecule has 0 spiro atoms. The third kappa shape index (κ3) is 6.20. The summed E-state index contributed by atoms with van der Waals surface area (Å²) >= 11 is 7.38. The van der Waals surface area contributed by atoms with Crippen molar-refractivity contribution in [2.45, 2.75) is 30.6 Å². The average Bonchev–Trinajstić information content (AvgIpc) is 2.86.